The normalized spacial score (nSPS) is 27.6. The summed E-state index contributed by atoms with van der Waals surface area (Å²) in [6, 6.07) is 15.1. The lowest BCUT2D eigenvalue weighted by Crippen LogP contribution is -2.52. The van der Waals surface area contributed by atoms with Crippen molar-refractivity contribution in [3.63, 3.8) is 0 Å². The van der Waals surface area contributed by atoms with Crippen molar-refractivity contribution >= 4 is 34.9 Å². The van der Waals surface area contributed by atoms with Gasteiger partial charge in [-0.1, -0.05) is 55.3 Å². The minimum atomic E-state index is -0.572. The Hall–Kier alpha value is -3.00. The Labute approximate surface area is 252 Å². The number of piperidine rings is 1. The summed E-state index contributed by atoms with van der Waals surface area (Å²) in [6.07, 6.45) is 5.37. The van der Waals surface area contributed by atoms with Gasteiger partial charge >= 0.3 is 0 Å². The molecule has 4 aliphatic heterocycles. The highest BCUT2D eigenvalue weighted by Crippen LogP contribution is 2.44. The topological polar surface area (TPSA) is 73.0 Å². The molecule has 8 heteroatoms. The molecule has 5 aliphatic rings. The van der Waals surface area contributed by atoms with Crippen LogP contribution in [0.3, 0.4) is 0 Å². The molecule has 7 nitrogen and oxygen atoms in total. The SMILES string of the molecule is CC1(C)CCC(CN2C[C@@H]3C[C@H]2CN3Cc2ccc3c(c2)CN(C2CCC(=O)NC2=O)C3=O)=C(c2ccc(Cl)cc2)C1. The predicted octanol–water partition coefficient (Wildman–Crippen LogP) is 5.02. The van der Waals surface area contributed by atoms with E-state index in [-0.39, 0.29) is 24.1 Å². The standard InChI is InChI=1S/C34H39ClN4O3/c1-34(2)12-11-23(29(15-34)22-4-6-25(35)7-5-22)17-38-20-26-14-27(38)19-37(26)16-21-3-8-28-24(13-21)18-39(33(28)42)30-9-10-31(40)36-32(30)41/h3-8,13,26-27,30H,9-12,14-20H2,1-2H3,(H,36,40,41)/t26-,27-,30?/m0/s1. The lowest BCUT2D eigenvalue weighted by Gasteiger charge is -2.38. The maximum atomic E-state index is 13.1. The van der Waals surface area contributed by atoms with Gasteiger partial charge in [-0.05, 0) is 78.0 Å². The van der Waals surface area contributed by atoms with Crippen LogP contribution in [0.1, 0.15) is 79.4 Å². The molecule has 0 spiro atoms. The van der Waals surface area contributed by atoms with E-state index in [4.69, 9.17) is 11.6 Å². The Kier molecular flexibility index (Phi) is 7.03. The largest absolute Gasteiger partial charge is 0.322 e. The van der Waals surface area contributed by atoms with Gasteiger partial charge in [0, 0.05) is 61.8 Å². The number of nitrogens with one attached hydrogen (secondary N) is 1. The molecule has 2 aromatic carbocycles. The van der Waals surface area contributed by atoms with E-state index < -0.39 is 6.04 Å². The van der Waals surface area contributed by atoms with Crippen molar-refractivity contribution in [2.24, 2.45) is 5.41 Å². The zero-order valence-corrected chi connectivity index (χ0v) is 25.3. The van der Waals surface area contributed by atoms with Gasteiger partial charge in [0.15, 0.2) is 0 Å². The maximum Gasteiger partial charge on any atom is 0.255 e. The minimum absolute atomic E-state index is 0.111. The number of nitrogens with zero attached hydrogens (tertiary/aromatic N) is 3. The fourth-order valence-electron chi connectivity index (χ4n) is 7.89. The molecule has 1 N–H and O–H groups in total. The average Bonchev–Trinajstić information content (AvgIpc) is 3.62. The van der Waals surface area contributed by atoms with Crippen molar-refractivity contribution in [2.45, 2.75) is 83.6 Å². The molecule has 4 heterocycles. The summed E-state index contributed by atoms with van der Waals surface area (Å²) in [5.41, 5.74) is 7.63. The number of likely N-dealkylation sites (tertiary alicyclic amines) is 2. The highest BCUT2D eigenvalue weighted by atomic mass is 35.5. The number of benzene rings is 2. The molecule has 0 saturated carbocycles. The molecule has 220 valence electrons. The van der Waals surface area contributed by atoms with E-state index in [1.54, 1.807) is 10.5 Å². The smallest absolute Gasteiger partial charge is 0.255 e. The van der Waals surface area contributed by atoms with Gasteiger partial charge in [0.2, 0.25) is 11.8 Å². The van der Waals surface area contributed by atoms with Crippen LogP contribution >= 0.6 is 11.6 Å². The van der Waals surface area contributed by atoms with Crippen LogP contribution in [-0.2, 0) is 22.7 Å². The van der Waals surface area contributed by atoms with Gasteiger partial charge < -0.3 is 4.90 Å². The van der Waals surface area contributed by atoms with Gasteiger partial charge in [-0.15, -0.1) is 0 Å². The third-order valence-electron chi connectivity index (χ3n) is 10.2. The third kappa shape index (κ3) is 5.20. The second-order valence-corrected chi connectivity index (χ2v) is 14.2. The maximum absolute atomic E-state index is 13.1. The molecule has 1 unspecified atom stereocenters. The summed E-state index contributed by atoms with van der Waals surface area (Å²) < 4.78 is 0. The first-order valence-corrected chi connectivity index (χ1v) is 15.7. The molecule has 3 amide bonds. The molecule has 3 atom stereocenters. The average molecular weight is 587 g/mol. The van der Waals surface area contributed by atoms with Crippen molar-refractivity contribution in [1.29, 1.82) is 0 Å². The Balaban J connectivity index is 1.01. The van der Waals surface area contributed by atoms with E-state index in [0.717, 1.165) is 49.6 Å². The second-order valence-electron chi connectivity index (χ2n) is 13.7. The van der Waals surface area contributed by atoms with Crippen LogP contribution in [0.15, 0.2) is 48.0 Å². The van der Waals surface area contributed by atoms with Crippen molar-refractivity contribution in [2.75, 3.05) is 19.6 Å². The van der Waals surface area contributed by atoms with Crippen LogP contribution in [0.4, 0.5) is 0 Å². The molecular formula is C34H39ClN4O3. The summed E-state index contributed by atoms with van der Waals surface area (Å²) in [5, 5.41) is 3.17. The van der Waals surface area contributed by atoms with E-state index in [0.29, 0.717) is 36.0 Å². The van der Waals surface area contributed by atoms with Crippen LogP contribution in [0.5, 0.6) is 0 Å². The number of carbonyl (C=O) groups is 3. The summed E-state index contributed by atoms with van der Waals surface area (Å²) in [4.78, 5) is 44.0. The number of hydrogen-bond acceptors (Lipinski definition) is 5. The van der Waals surface area contributed by atoms with E-state index in [9.17, 15) is 14.4 Å². The third-order valence-corrected chi connectivity index (χ3v) is 10.5. The Bertz CT molecular complexity index is 1480. The zero-order chi connectivity index (χ0) is 29.2. The molecule has 2 aromatic rings. The predicted molar refractivity (Wildman–Crippen MR) is 163 cm³/mol. The van der Waals surface area contributed by atoms with E-state index in [1.165, 1.54) is 29.5 Å². The number of amides is 3. The first kappa shape index (κ1) is 27.8. The van der Waals surface area contributed by atoms with Gasteiger partial charge in [-0.3, -0.25) is 29.5 Å². The summed E-state index contributed by atoms with van der Waals surface area (Å²) in [6.45, 7) is 9.29. The molecule has 0 radical (unpaired) electrons. The number of piperazine rings is 1. The van der Waals surface area contributed by atoms with Gasteiger partial charge in [-0.2, -0.15) is 0 Å². The Morgan fingerprint density at radius 2 is 1.69 bits per heavy atom. The number of fused-ring (bicyclic) bond motifs is 3. The lowest BCUT2D eigenvalue weighted by molar-refractivity contribution is -0.136. The minimum Gasteiger partial charge on any atom is -0.322 e. The number of carbonyl (C=O) groups excluding carboxylic acids is 3. The van der Waals surface area contributed by atoms with Crippen molar-refractivity contribution in [1.82, 2.24) is 20.0 Å². The highest BCUT2D eigenvalue weighted by molar-refractivity contribution is 6.30. The zero-order valence-electron chi connectivity index (χ0n) is 24.5. The number of rotatable bonds is 6. The molecule has 1 aliphatic carbocycles. The van der Waals surface area contributed by atoms with Crippen LogP contribution in [0, 0.1) is 5.41 Å². The van der Waals surface area contributed by atoms with Gasteiger partial charge in [0.05, 0.1) is 0 Å². The Morgan fingerprint density at radius 1 is 0.952 bits per heavy atom. The monoisotopic (exact) mass is 586 g/mol. The number of imide groups is 1. The molecule has 0 aromatic heterocycles. The van der Waals surface area contributed by atoms with Crippen molar-refractivity contribution in [3.05, 3.63) is 75.3 Å². The molecule has 7 rings (SSSR count). The van der Waals surface area contributed by atoms with Crippen LogP contribution < -0.4 is 5.32 Å². The van der Waals surface area contributed by atoms with Gasteiger partial charge in [0.1, 0.15) is 6.04 Å². The van der Waals surface area contributed by atoms with Crippen molar-refractivity contribution in [3.8, 4) is 0 Å². The summed E-state index contributed by atoms with van der Waals surface area (Å²) in [5.74, 6) is -0.735. The highest BCUT2D eigenvalue weighted by Gasteiger charge is 2.44. The number of hydrogen-bond donors (Lipinski definition) is 1. The number of allylic oxidation sites excluding steroid dienone is 1. The molecular weight excluding hydrogens is 548 g/mol. The van der Waals surface area contributed by atoms with Gasteiger partial charge in [0.25, 0.3) is 5.91 Å². The molecule has 42 heavy (non-hydrogen) atoms. The van der Waals surface area contributed by atoms with E-state index in [2.05, 4.69) is 53.2 Å². The summed E-state index contributed by atoms with van der Waals surface area (Å²) >= 11 is 6.21. The van der Waals surface area contributed by atoms with Crippen LogP contribution in [0.25, 0.3) is 5.57 Å². The van der Waals surface area contributed by atoms with Crippen LogP contribution in [0.2, 0.25) is 5.02 Å². The second kappa shape index (κ2) is 10.6. The Morgan fingerprint density at radius 3 is 2.40 bits per heavy atom. The molecule has 2 bridgehead atoms. The fraction of sp³-hybridized carbons (Fsp3) is 0.500. The molecule has 3 saturated heterocycles. The fourth-order valence-corrected chi connectivity index (χ4v) is 8.01. The van der Waals surface area contributed by atoms with Crippen LogP contribution in [-0.4, -0.2) is 70.2 Å². The quantitative estimate of drug-likeness (QED) is 0.481. The first-order valence-electron chi connectivity index (χ1n) is 15.3. The van der Waals surface area contributed by atoms with E-state index >= 15 is 0 Å². The lowest BCUT2D eigenvalue weighted by atomic mass is 9.72. The number of halogens is 1. The first-order chi connectivity index (χ1) is 20.1. The van der Waals surface area contributed by atoms with Crippen molar-refractivity contribution < 1.29 is 14.4 Å². The summed E-state index contributed by atoms with van der Waals surface area (Å²) in [7, 11) is 0. The molecule has 3 fully saturated rings. The van der Waals surface area contributed by atoms with E-state index in [1.807, 2.05) is 18.2 Å². The van der Waals surface area contributed by atoms with Gasteiger partial charge in [-0.25, -0.2) is 0 Å².